The van der Waals surface area contributed by atoms with Crippen molar-refractivity contribution in [3.63, 3.8) is 0 Å². The van der Waals surface area contributed by atoms with Crippen LogP contribution in [0.1, 0.15) is 26.2 Å². The average molecular weight is 308 g/mol. The molecule has 4 saturated heterocycles. The van der Waals surface area contributed by atoms with E-state index in [0.717, 1.165) is 11.5 Å². The summed E-state index contributed by atoms with van der Waals surface area (Å²) < 4.78 is 0. The molecule has 0 aromatic heterocycles. The molecule has 0 saturated carbocycles. The molecular weight excluding hydrogens is 288 g/mol. The minimum absolute atomic E-state index is 0.0321. The number of rotatable bonds is 1. The predicted molar refractivity (Wildman–Crippen MR) is 73.7 cm³/mol. The lowest BCUT2D eigenvalue weighted by molar-refractivity contribution is -0.184. The fourth-order valence-corrected chi connectivity index (χ4v) is 4.50. The third-order valence-corrected chi connectivity index (χ3v) is 5.82. The van der Waals surface area contributed by atoms with Crippen molar-refractivity contribution in [3.05, 3.63) is 0 Å². The van der Waals surface area contributed by atoms with Gasteiger partial charge in [-0.05, 0) is 12.8 Å². The number of hydrogen-bond acceptors (Lipinski definition) is 5. The number of nitrogens with one attached hydrogen (secondary N) is 1. The van der Waals surface area contributed by atoms with Gasteiger partial charge in [0.1, 0.15) is 11.1 Å². The SMILES string of the molecule is CC(=O)N1CCCC12CN(C1CN(O)C3(CNC3=O)C1)C2=O. The molecule has 4 aliphatic heterocycles. The maximum absolute atomic E-state index is 12.7. The van der Waals surface area contributed by atoms with E-state index in [1.165, 1.54) is 6.92 Å². The summed E-state index contributed by atoms with van der Waals surface area (Å²) in [5, 5.41) is 13.8. The molecule has 4 aliphatic rings. The standard InChI is InChI=1S/C14H20N4O4/c1-9(19)17-4-2-3-13(17)8-16(12(13)21)10-5-14(18(22)6-10)7-15-11(14)20/h10,22H,2-8H2,1H3,(H,15,20). The highest BCUT2D eigenvalue weighted by molar-refractivity contribution is 5.98. The summed E-state index contributed by atoms with van der Waals surface area (Å²) in [5.41, 5.74) is -1.52. The molecule has 0 aromatic carbocycles. The van der Waals surface area contributed by atoms with E-state index in [4.69, 9.17) is 0 Å². The van der Waals surface area contributed by atoms with Crippen molar-refractivity contribution in [1.29, 1.82) is 0 Å². The molecule has 8 heteroatoms. The maximum atomic E-state index is 12.7. The number of amides is 3. The van der Waals surface area contributed by atoms with E-state index in [0.29, 0.717) is 32.5 Å². The molecule has 4 rings (SSSR count). The summed E-state index contributed by atoms with van der Waals surface area (Å²) in [6, 6.07) is -0.163. The topological polar surface area (TPSA) is 93.2 Å². The second kappa shape index (κ2) is 4.20. The molecular formula is C14H20N4O4. The molecule has 3 unspecified atom stereocenters. The van der Waals surface area contributed by atoms with E-state index < -0.39 is 11.1 Å². The van der Waals surface area contributed by atoms with Crippen LogP contribution in [0.4, 0.5) is 0 Å². The molecule has 4 fully saturated rings. The molecule has 22 heavy (non-hydrogen) atoms. The molecule has 0 aromatic rings. The lowest BCUT2D eigenvalue weighted by atomic mass is 9.82. The molecule has 2 spiro atoms. The molecule has 120 valence electrons. The van der Waals surface area contributed by atoms with Gasteiger partial charge in [0.15, 0.2) is 0 Å². The van der Waals surface area contributed by atoms with Crippen LogP contribution in [0.2, 0.25) is 0 Å². The van der Waals surface area contributed by atoms with Gasteiger partial charge in [-0.25, -0.2) is 0 Å². The van der Waals surface area contributed by atoms with Crippen molar-refractivity contribution in [3.8, 4) is 0 Å². The van der Waals surface area contributed by atoms with Crippen molar-refractivity contribution in [2.75, 3.05) is 26.2 Å². The number of nitrogens with zero attached hydrogens (tertiary/aromatic N) is 3. The Labute approximate surface area is 128 Å². The van der Waals surface area contributed by atoms with Gasteiger partial charge >= 0.3 is 0 Å². The van der Waals surface area contributed by atoms with Gasteiger partial charge < -0.3 is 20.3 Å². The Kier molecular flexibility index (Phi) is 2.66. The Hall–Kier alpha value is -1.67. The van der Waals surface area contributed by atoms with Crippen LogP contribution in [-0.2, 0) is 14.4 Å². The number of carbonyl (C=O) groups is 3. The Morgan fingerprint density at radius 1 is 1.36 bits per heavy atom. The fraction of sp³-hybridized carbons (Fsp3) is 0.786. The van der Waals surface area contributed by atoms with Gasteiger partial charge in [0.2, 0.25) is 11.8 Å². The summed E-state index contributed by atoms with van der Waals surface area (Å²) in [5.74, 6) is -0.266. The number of β-lactam (4-membered cyclic amide) rings is 2. The van der Waals surface area contributed by atoms with Crippen LogP contribution in [0, 0.1) is 0 Å². The summed E-state index contributed by atoms with van der Waals surface area (Å²) in [6.07, 6.45) is 2.02. The molecule has 0 bridgehead atoms. The van der Waals surface area contributed by atoms with Crippen molar-refractivity contribution >= 4 is 17.7 Å². The second-order valence-electron chi connectivity index (χ2n) is 6.89. The van der Waals surface area contributed by atoms with Gasteiger partial charge in [0.05, 0.1) is 6.54 Å². The summed E-state index contributed by atoms with van der Waals surface area (Å²) in [6.45, 7) is 3.36. The van der Waals surface area contributed by atoms with Crippen LogP contribution < -0.4 is 5.32 Å². The Morgan fingerprint density at radius 3 is 2.64 bits per heavy atom. The molecule has 4 heterocycles. The van der Waals surface area contributed by atoms with Gasteiger partial charge in [-0.15, -0.1) is 0 Å². The second-order valence-corrected chi connectivity index (χ2v) is 6.89. The van der Waals surface area contributed by atoms with E-state index in [9.17, 15) is 19.6 Å². The Bertz CT molecular complexity index is 581. The van der Waals surface area contributed by atoms with Crippen LogP contribution in [0.15, 0.2) is 0 Å². The Balaban J connectivity index is 1.50. The van der Waals surface area contributed by atoms with Crippen LogP contribution in [0.25, 0.3) is 0 Å². The first kappa shape index (κ1) is 14.0. The van der Waals surface area contributed by atoms with E-state index in [-0.39, 0.29) is 30.3 Å². The third-order valence-electron chi connectivity index (χ3n) is 5.82. The first-order chi connectivity index (χ1) is 10.4. The fourth-order valence-electron chi connectivity index (χ4n) is 4.50. The molecule has 3 atom stereocenters. The largest absolute Gasteiger partial charge is 0.352 e. The van der Waals surface area contributed by atoms with Crippen LogP contribution in [0.5, 0.6) is 0 Å². The van der Waals surface area contributed by atoms with Crippen LogP contribution >= 0.6 is 0 Å². The summed E-state index contributed by atoms with van der Waals surface area (Å²) in [7, 11) is 0. The van der Waals surface area contributed by atoms with Gasteiger partial charge in [-0.2, -0.15) is 5.06 Å². The predicted octanol–water partition coefficient (Wildman–Crippen LogP) is -1.46. The third kappa shape index (κ3) is 1.46. The molecule has 0 radical (unpaired) electrons. The zero-order chi connectivity index (χ0) is 15.7. The van der Waals surface area contributed by atoms with Crippen LogP contribution in [-0.4, -0.2) is 81.1 Å². The van der Waals surface area contributed by atoms with Crippen molar-refractivity contribution in [2.24, 2.45) is 0 Å². The lowest BCUT2D eigenvalue weighted by Crippen LogP contribution is -2.75. The molecule has 3 amide bonds. The van der Waals surface area contributed by atoms with Gasteiger partial charge in [-0.3, -0.25) is 14.4 Å². The molecule has 2 N–H and O–H groups in total. The Morgan fingerprint density at radius 2 is 2.14 bits per heavy atom. The van der Waals surface area contributed by atoms with Gasteiger partial charge in [0.25, 0.3) is 5.91 Å². The number of hydrogen-bond donors (Lipinski definition) is 2. The minimum Gasteiger partial charge on any atom is -0.352 e. The zero-order valence-electron chi connectivity index (χ0n) is 12.5. The summed E-state index contributed by atoms with van der Waals surface area (Å²) >= 11 is 0. The molecule has 8 nitrogen and oxygen atoms in total. The normalized spacial score (nSPS) is 41.1. The van der Waals surface area contributed by atoms with Gasteiger partial charge in [0, 0.05) is 39.0 Å². The van der Waals surface area contributed by atoms with Crippen molar-refractivity contribution < 1.29 is 19.6 Å². The lowest BCUT2D eigenvalue weighted by Gasteiger charge is -2.53. The average Bonchev–Trinajstić information content (AvgIpc) is 3.07. The van der Waals surface area contributed by atoms with Crippen LogP contribution in [0.3, 0.4) is 0 Å². The monoisotopic (exact) mass is 308 g/mol. The van der Waals surface area contributed by atoms with E-state index in [1.54, 1.807) is 9.80 Å². The first-order valence-corrected chi connectivity index (χ1v) is 7.75. The van der Waals surface area contributed by atoms with E-state index in [1.807, 2.05) is 0 Å². The van der Waals surface area contributed by atoms with E-state index >= 15 is 0 Å². The van der Waals surface area contributed by atoms with E-state index in [2.05, 4.69) is 5.32 Å². The highest BCUT2D eigenvalue weighted by Gasteiger charge is 2.64. The van der Waals surface area contributed by atoms with Gasteiger partial charge in [-0.1, -0.05) is 0 Å². The van der Waals surface area contributed by atoms with Crippen molar-refractivity contribution in [2.45, 2.75) is 43.3 Å². The van der Waals surface area contributed by atoms with Crippen molar-refractivity contribution in [1.82, 2.24) is 20.2 Å². The maximum Gasteiger partial charge on any atom is 0.250 e. The zero-order valence-corrected chi connectivity index (χ0v) is 12.5. The summed E-state index contributed by atoms with van der Waals surface area (Å²) in [4.78, 5) is 39.6. The highest BCUT2D eigenvalue weighted by Crippen LogP contribution is 2.43. The first-order valence-electron chi connectivity index (χ1n) is 7.75. The minimum atomic E-state index is -0.858. The number of hydroxylamine groups is 2. The number of carbonyl (C=O) groups excluding carboxylic acids is 3. The molecule has 0 aliphatic carbocycles. The smallest absolute Gasteiger partial charge is 0.250 e. The number of likely N-dealkylation sites (tertiary alicyclic amines) is 2. The quantitative estimate of drug-likeness (QED) is 0.578. The highest BCUT2D eigenvalue weighted by atomic mass is 16.5.